The molecule has 10 aromatic rings. The third-order valence-corrected chi connectivity index (χ3v) is 15.7. The zero-order chi connectivity index (χ0) is 46.5. The van der Waals surface area contributed by atoms with Crippen LogP contribution in [0.3, 0.4) is 0 Å². The summed E-state index contributed by atoms with van der Waals surface area (Å²) in [6, 6.07) is 52.2. The zero-order valence-corrected chi connectivity index (χ0v) is 44.9. The zero-order valence-electron chi connectivity index (χ0n) is 40.7. The number of fused-ring (bicyclic) bond motifs is 6. The van der Waals surface area contributed by atoms with Crippen molar-refractivity contribution < 1.29 is 20.1 Å². The second kappa shape index (κ2) is 19.2. The third-order valence-electron chi connectivity index (χ3n) is 12.5. The number of nitrogens with zero attached hydrogens (tertiary/aromatic N) is 4. The summed E-state index contributed by atoms with van der Waals surface area (Å²) in [4.78, 5) is 15.2. The molecule has 0 saturated heterocycles. The molecule has 0 amide bonds. The van der Waals surface area contributed by atoms with E-state index in [1.54, 1.807) is 0 Å². The number of aryl methyl sites for hydroxylation is 1. The summed E-state index contributed by atoms with van der Waals surface area (Å²) < 4.78 is 4.90. The van der Waals surface area contributed by atoms with Gasteiger partial charge in [0.25, 0.3) is 0 Å². The molecule has 0 aliphatic heterocycles. The van der Waals surface area contributed by atoms with E-state index in [-0.39, 0.29) is 37.4 Å². The van der Waals surface area contributed by atoms with Crippen LogP contribution < -0.4 is 5.19 Å². The average Bonchev–Trinajstić information content (AvgIpc) is 3.87. The van der Waals surface area contributed by atoms with Gasteiger partial charge in [-0.3, -0.25) is 9.97 Å². The van der Waals surface area contributed by atoms with E-state index in [1.165, 1.54) is 64.4 Å². The van der Waals surface area contributed by atoms with Gasteiger partial charge in [0.15, 0.2) is 0 Å². The Balaban J connectivity index is 0.000000234. The van der Waals surface area contributed by atoms with Crippen LogP contribution in [0.5, 0.6) is 0 Å². The molecule has 0 fully saturated rings. The number of hydrogen-bond donors (Lipinski definition) is 0. The molecule has 6 aromatic carbocycles. The molecule has 341 valence electrons. The SMILES string of the molecule is CC(C)(C)Cc1cc(-c2[c-]cccc2)ncc1[Si](C)(C)C.Cc1ccc2c(c1)sc1c(-c3nc4c5ccccc5ncc4n3-c3c(C(C)C)cc(-c4ccccc4)cc3C(C)C)[c-]ccc12.[Ir]. The molecule has 0 saturated carbocycles. The first-order valence-corrected chi connectivity index (χ1v) is 27.7. The van der Waals surface area contributed by atoms with Crippen molar-refractivity contribution in [1.82, 2.24) is 19.5 Å². The predicted molar refractivity (Wildman–Crippen MR) is 287 cm³/mol. The Hall–Kier alpha value is -5.56. The van der Waals surface area contributed by atoms with Gasteiger partial charge in [0, 0.05) is 42.1 Å². The summed E-state index contributed by atoms with van der Waals surface area (Å²) in [6.45, 7) is 25.4. The number of pyridine rings is 2. The van der Waals surface area contributed by atoms with Crippen LogP contribution in [-0.2, 0) is 26.5 Å². The first-order chi connectivity index (χ1) is 31.6. The molecule has 0 N–H and O–H groups in total. The number of para-hydroxylation sites is 1. The minimum Gasteiger partial charge on any atom is -0.331 e. The van der Waals surface area contributed by atoms with Crippen LogP contribution in [0, 0.1) is 24.5 Å². The maximum Gasteiger partial charge on any atom is 0.0884 e. The Morgan fingerprint density at radius 2 is 1.39 bits per heavy atom. The minimum absolute atomic E-state index is 0. The van der Waals surface area contributed by atoms with Crippen molar-refractivity contribution in [3.8, 4) is 39.5 Å². The van der Waals surface area contributed by atoms with Crippen LogP contribution in [0.4, 0.5) is 0 Å². The van der Waals surface area contributed by atoms with Gasteiger partial charge in [-0.2, -0.15) is 11.3 Å². The van der Waals surface area contributed by atoms with Gasteiger partial charge in [0.05, 0.1) is 36.6 Å². The largest absolute Gasteiger partial charge is 0.331 e. The van der Waals surface area contributed by atoms with Crippen LogP contribution >= 0.6 is 11.3 Å². The normalized spacial score (nSPS) is 12.0. The fourth-order valence-corrected chi connectivity index (χ4v) is 12.2. The Morgan fingerprint density at radius 3 is 2.06 bits per heavy atom. The second-order valence-electron chi connectivity index (χ2n) is 20.6. The van der Waals surface area contributed by atoms with E-state index in [4.69, 9.17) is 15.0 Å². The van der Waals surface area contributed by atoms with Crippen molar-refractivity contribution in [2.45, 2.75) is 93.3 Å². The maximum absolute atomic E-state index is 5.51. The van der Waals surface area contributed by atoms with Crippen molar-refractivity contribution in [1.29, 1.82) is 0 Å². The number of rotatable bonds is 8. The first-order valence-electron chi connectivity index (χ1n) is 23.4. The van der Waals surface area contributed by atoms with E-state index in [1.807, 2.05) is 41.8 Å². The van der Waals surface area contributed by atoms with E-state index < -0.39 is 8.07 Å². The number of imidazole rings is 1. The average molecular weight is 1090 g/mol. The molecule has 4 heterocycles. The van der Waals surface area contributed by atoms with E-state index in [0.717, 1.165) is 51.0 Å². The molecule has 0 spiro atoms. The molecule has 0 aliphatic carbocycles. The molecule has 4 aromatic heterocycles. The quantitative estimate of drug-likeness (QED) is 0.112. The fourth-order valence-electron chi connectivity index (χ4n) is 9.28. The molecule has 0 unspecified atom stereocenters. The summed E-state index contributed by atoms with van der Waals surface area (Å²) in [7, 11) is -1.37. The van der Waals surface area contributed by atoms with Gasteiger partial charge < -0.3 is 9.55 Å². The molecule has 4 nitrogen and oxygen atoms in total. The molecule has 1 radical (unpaired) electrons. The fraction of sp³-hybridized carbons (Fsp3) is 0.250. The predicted octanol–water partition coefficient (Wildman–Crippen LogP) is 16.3. The van der Waals surface area contributed by atoms with Crippen molar-refractivity contribution in [2.75, 3.05) is 0 Å². The molecular formula is C60H60IrN4SSi-2. The number of aromatic nitrogens is 4. The van der Waals surface area contributed by atoms with Gasteiger partial charge in [-0.25, -0.2) is 0 Å². The van der Waals surface area contributed by atoms with E-state index in [0.29, 0.717) is 0 Å². The molecule has 0 aliphatic rings. The Bertz CT molecular complexity index is 3340. The second-order valence-corrected chi connectivity index (χ2v) is 26.7. The van der Waals surface area contributed by atoms with Crippen molar-refractivity contribution in [3.63, 3.8) is 0 Å². The summed E-state index contributed by atoms with van der Waals surface area (Å²) in [6.07, 6.45) is 5.22. The van der Waals surface area contributed by atoms with Crippen molar-refractivity contribution in [2.24, 2.45) is 5.41 Å². The summed E-state index contributed by atoms with van der Waals surface area (Å²) >= 11 is 1.84. The molecule has 67 heavy (non-hydrogen) atoms. The number of thiophene rings is 1. The Morgan fingerprint density at radius 1 is 0.687 bits per heavy atom. The molecule has 0 bridgehead atoms. The monoisotopic (exact) mass is 1090 g/mol. The topological polar surface area (TPSA) is 43.6 Å². The number of benzene rings is 6. The van der Waals surface area contributed by atoms with E-state index in [2.05, 4.69) is 201 Å². The van der Waals surface area contributed by atoms with Crippen LogP contribution in [0.1, 0.15) is 82.6 Å². The van der Waals surface area contributed by atoms with Crippen molar-refractivity contribution in [3.05, 3.63) is 174 Å². The van der Waals surface area contributed by atoms with Crippen LogP contribution in [0.15, 0.2) is 140 Å². The minimum atomic E-state index is -1.37. The molecule has 10 rings (SSSR count). The van der Waals surface area contributed by atoms with Gasteiger partial charge in [-0.1, -0.05) is 151 Å². The van der Waals surface area contributed by atoms with E-state index >= 15 is 0 Å². The first kappa shape index (κ1) is 47.9. The molecule has 7 heteroatoms. The Labute approximate surface area is 416 Å². The van der Waals surface area contributed by atoms with Crippen molar-refractivity contribution >= 4 is 66.7 Å². The summed E-state index contributed by atoms with van der Waals surface area (Å²) in [5.74, 6) is 1.48. The Kier molecular flexibility index (Phi) is 13.7. The standard InChI is InChI=1S/C41H34N3S.C19H26NSi.Ir/c1-24(2)33-21-28(27-12-7-6-8-13-27)22-34(25(3)4)39(33)44-36-23-42-35-17-10-9-14-31(35)38(36)43-41(44)32-16-11-15-30-29-19-18-26(5)20-37(29)45-40(30)32;1-19(2,3)13-16-12-17(15-10-8-7-9-11-15)20-14-18(16)21(4,5)6;/h6-15,17-25H,1-5H3;7-10,12,14H,13H2,1-6H3;/q2*-1;. The summed E-state index contributed by atoms with van der Waals surface area (Å²) in [5.41, 5.74) is 15.4. The molecule has 0 atom stereocenters. The number of hydrogen-bond acceptors (Lipinski definition) is 4. The van der Waals surface area contributed by atoms with Crippen LogP contribution in [-0.4, -0.2) is 27.6 Å². The summed E-state index contributed by atoms with van der Waals surface area (Å²) in [5, 5.41) is 5.07. The van der Waals surface area contributed by atoms with Gasteiger partial charge in [-0.15, -0.1) is 54.1 Å². The van der Waals surface area contributed by atoms with Crippen LogP contribution in [0.25, 0.3) is 81.6 Å². The third kappa shape index (κ3) is 9.76. The van der Waals surface area contributed by atoms with Gasteiger partial charge in [0.2, 0.25) is 0 Å². The van der Waals surface area contributed by atoms with Gasteiger partial charge in [0.1, 0.15) is 0 Å². The maximum atomic E-state index is 5.51. The smallest absolute Gasteiger partial charge is 0.0884 e. The van der Waals surface area contributed by atoms with Gasteiger partial charge >= 0.3 is 0 Å². The van der Waals surface area contributed by atoms with Gasteiger partial charge in [-0.05, 0) is 104 Å². The van der Waals surface area contributed by atoms with Crippen LogP contribution in [0.2, 0.25) is 19.6 Å². The van der Waals surface area contributed by atoms with E-state index in [9.17, 15) is 0 Å². The molecular weight excluding hydrogens is 1030 g/mol.